The number of aryl methyl sites for hydroxylation is 1. The predicted octanol–water partition coefficient (Wildman–Crippen LogP) is 3.58. The van der Waals surface area contributed by atoms with Gasteiger partial charge in [-0.3, -0.25) is 9.78 Å². The van der Waals surface area contributed by atoms with Crippen molar-refractivity contribution in [2.45, 2.75) is 51.2 Å². The quantitative estimate of drug-likeness (QED) is 0.701. The lowest BCUT2D eigenvalue weighted by atomic mass is 9.52. The molecular weight excluding hydrogens is 388 g/mol. The normalized spacial score (nSPS) is 24.9. The summed E-state index contributed by atoms with van der Waals surface area (Å²) in [6.07, 6.45) is 5.57. The average Bonchev–Trinajstić information content (AvgIpc) is 2.64. The van der Waals surface area contributed by atoms with Crippen molar-refractivity contribution in [3.05, 3.63) is 64.4 Å². The molecule has 0 atom stereocenters. The summed E-state index contributed by atoms with van der Waals surface area (Å²) < 4.78 is 0. The zero-order chi connectivity index (χ0) is 20.4. The number of hydrogen-bond donors (Lipinski definition) is 3. The first-order chi connectivity index (χ1) is 13.9. The Bertz CT molecular complexity index is 901. The van der Waals surface area contributed by atoms with Gasteiger partial charge in [0.15, 0.2) is 0 Å². The van der Waals surface area contributed by atoms with Crippen molar-refractivity contribution in [1.29, 1.82) is 0 Å². The van der Waals surface area contributed by atoms with E-state index in [1.165, 1.54) is 0 Å². The van der Waals surface area contributed by atoms with E-state index in [-0.39, 0.29) is 29.4 Å². The van der Waals surface area contributed by atoms with Crippen LogP contribution >= 0.6 is 11.6 Å². The Morgan fingerprint density at radius 1 is 1.07 bits per heavy atom. The van der Waals surface area contributed by atoms with Crippen molar-refractivity contribution in [1.82, 2.24) is 20.9 Å². The number of urea groups is 1. The molecule has 2 aromatic rings. The van der Waals surface area contributed by atoms with Crippen LogP contribution in [0, 0.1) is 12.3 Å². The predicted molar refractivity (Wildman–Crippen MR) is 112 cm³/mol. The van der Waals surface area contributed by atoms with E-state index in [2.05, 4.69) is 20.9 Å². The number of aromatic nitrogens is 1. The molecule has 1 heterocycles. The van der Waals surface area contributed by atoms with E-state index < -0.39 is 0 Å². The molecule has 4 rings (SSSR count). The number of pyridine rings is 1. The maximum Gasteiger partial charge on any atom is 0.315 e. The number of carbonyl (C=O) groups excluding carboxylic acids is 2. The van der Waals surface area contributed by atoms with Crippen LogP contribution in [0.25, 0.3) is 0 Å². The van der Waals surface area contributed by atoms with Gasteiger partial charge in [-0.15, -0.1) is 0 Å². The van der Waals surface area contributed by atoms with Crippen LogP contribution in [-0.2, 0) is 6.54 Å². The summed E-state index contributed by atoms with van der Waals surface area (Å²) >= 11 is 5.87. The van der Waals surface area contributed by atoms with Crippen LogP contribution in [0.4, 0.5) is 4.79 Å². The fourth-order valence-corrected chi connectivity index (χ4v) is 4.61. The van der Waals surface area contributed by atoms with Crippen LogP contribution < -0.4 is 16.0 Å². The molecule has 6 nitrogen and oxygen atoms in total. The van der Waals surface area contributed by atoms with Gasteiger partial charge < -0.3 is 16.0 Å². The van der Waals surface area contributed by atoms with Crippen LogP contribution in [0.5, 0.6) is 0 Å². The number of amides is 3. The van der Waals surface area contributed by atoms with Gasteiger partial charge in [-0.2, -0.15) is 0 Å². The summed E-state index contributed by atoms with van der Waals surface area (Å²) in [4.78, 5) is 28.5. The SMILES string of the molecule is Cc1cc(C(=O)NC2CC3(CC(NC(=O)NCc4ccc(Cl)cc4)C3)C2)ccn1. The van der Waals surface area contributed by atoms with E-state index in [4.69, 9.17) is 11.6 Å². The maximum atomic E-state index is 12.3. The second-order valence-corrected chi connectivity index (χ2v) is 8.76. The summed E-state index contributed by atoms with van der Waals surface area (Å²) in [6.45, 7) is 2.35. The average molecular weight is 413 g/mol. The molecule has 29 heavy (non-hydrogen) atoms. The largest absolute Gasteiger partial charge is 0.349 e. The maximum absolute atomic E-state index is 12.3. The highest BCUT2D eigenvalue weighted by Gasteiger charge is 2.53. The molecular formula is C22H25ClN4O2. The van der Waals surface area contributed by atoms with Crippen molar-refractivity contribution in [3.8, 4) is 0 Å². The van der Waals surface area contributed by atoms with Crippen molar-refractivity contribution in [3.63, 3.8) is 0 Å². The van der Waals surface area contributed by atoms with Gasteiger partial charge in [-0.1, -0.05) is 23.7 Å². The van der Waals surface area contributed by atoms with Gasteiger partial charge in [0.2, 0.25) is 0 Å². The van der Waals surface area contributed by atoms with Gasteiger partial charge in [-0.05, 0) is 67.9 Å². The number of carbonyl (C=O) groups is 2. The molecule has 0 saturated heterocycles. The molecule has 2 saturated carbocycles. The van der Waals surface area contributed by atoms with Gasteiger partial charge in [0, 0.05) is 41.1 Å². The van der Waals surface area contributed by atoms with E-state index in [0.29, 0.717) is 17.1 Å². The Morgan fingerprint density at radius 2 is 1.72 bits per heavy atom. The zero-order valence-corrected chi connectivity index (χ0v) is 17.1. The fourth-order valence-electron chi connectivity index (χ4n) is 4.49. The van der Waals surface area contributed by atoms with E-state index >= 15 is 0 Å². The Labute approximate surface area is 175 Å². The third-order valence-electron chi connectivity index (χ3n) is 5.91. The fraction of sp³-hybridized carbons (Fsp3) is 0.409. The molecule has 3 N–H and O–H groups in total. The minimum Gasteiger partial charge on any atom is -0.349 e. The smallest absolute Gasteiger partial charge is 0.315 e. The first-order valence-corrected chi connectivity index (χ1v) is 10.3. The lowest BCUT2D eigenvalue weighted by Crippen LogP contribution is -2.61. The van der Waals surface area contributed by atoms with Crippen LogP contribution in [0.1, 0.15) is 47.3 Å². The number of nitrogens with one attached hydrogen (secondary N) is 3. The Morgan fingerprint density at radius 3 is 2.38 bits per heavy atom. The topological polar surface area (TPSA) is 83.1 Å². The number of halogens is 1. The van der Waals surface area contributed by atoms with Crippen molar-refractivity contribution in [2.24, 2.45) is 5.41 Å². The van der Waals surface area contributed by atoms with E-state index in [1.807, 2.05) is 31.2 Å². The van der Waals surface area contributed by atoms with E-state index in [1.54, 1.807) is 18.3 Å². The summed E-state index contributed by atoms with van der Waals surface area (Å²) in [5.74, 6) is -0.0362. The molecule has 1 spiro atoms. The second kappa shape index (κ2) is 8.03. The van der Waals surface area contributed by atoms with Crippen LogP contribution in [0.15, 0.2) is 42.6 Å². The van der Waals surface area contributed by atoms with Gasteiger partial charge in [0.1, 0.15) is 0 Å². The highest BCUT2D eigenvalue weighted by Crippen LogP contribution is 2.55. The number of hydrogen-bond acceptors (Lipinski definition) is 3. The molecule has 3 amide bonds. The summed E-state index contributed by atoms with van der Waals surface area (Å²) in [7, 11) is 0. The van der Waals surface area contributed by atoms with Crippen LogP contribution in [-0.4, -0.2) is 29.0 Å². The molecule has 2 fully saturated rings. The Hall–Kier alpha value is -2.60. The Kier molecular flexibility index (Phi) is 5.46. The molecule has 7 heteroatoms. The number of rotatable bonds is 5. The van der Waals surface area contributed by atoms with Crippen molar-refractivity contribution >= 4 is 23.5 Å². The molecule has 1 aromatic heterocycles. The molecule has 1 aromatic carbocycles. The molecule has 0 aliphatic heterocycles. The standard InChI is InChI=1S/C22H25ClN4O2/c1-14-8-16(6-7-24-14)20(28)26-18-9-22(10-18)11-19(12-22)27-21(29)25-13-15-2-4-17(23)5-3-15/h2-8,18-19H,9-13H2,1H3,(H,26,28)(H2,25,27,29). The van der Waals surface area contributed by atoms with E-state index in [9.17, 15) is 9.59 Å². The highest BCUT2D eigenvalue weighted by molar-refractivity contribution is 6.30. The van der Waals surface area contributed by atoms with Gasteiger partial charge in [0.05, 0.1) is 0 Å². The van der Waals surface area contributed by atoms with Crippen molar-refractivity contribution < 1.29 is 9.59 Å². The molecule has 152 valence electrons. The molecule has 0 unspecified atom stereocenters. The second-order valence-electron chi connectivity index (χ2n) is 8.32. The highest BCUT2D eigenvalue weighted by atomic mass is 35.5. The summed E-state index contributed by atoms with van der Waals surface area (Å²) in [5, 5.41) is 9.71. The van der Waals surface area contributed by atoms with Gasteiger partial charge in [-0.25, -0.2) is 4.79 Å². The van der Waals surface area contributed by atoms with Crippen LogP contribution in [0.3, 0.4) is 0 Å². The third-order valence-corrected chi connectivity index (χ3v) is 6.17. The summed E-state index contributed by atoms with van der Waals surface area (Å²) in [5.41, 5.74) is 2.78. The molecule has 0 bridgehead atoms. The molecule has 2 aliphatic carbocycles. The first kappa shape index (κ1) is 19.7. The minimum atomic E-state index is -0.142. The third kappa shape index (κ3) is 4.70. The lowest BCUT2D eigenvalue weighted by Gasteiger charge is -2.57. The monoisotopic (exact) mass is 412 g/mol. The molecule has 0 radical (unpaired) electrons. The number of nitrogens with zero attached hydrogens (tertiary/aromatic N) is 1. The summed E-state index contributed by atoms with van der Waals surface area (Å²) in [6, 6.07) is 11.3. The lowest BCUT2D eigenvalue weighted by molar-refractivity contribution is -0.0236. The van der Waals surface area contributed by atoms with Gasteiger partial charge >= 0.3 is 6.03 Å². The van der Waals surface area contributed by atoms with Crippen molar-refractivity contribution in [2.75, 3.05) is 0 Å². The van der Waals surface area contributed by atoms with E-state index in [0.717, 1.165) is 36.9 Å². The minimum absolute atomic E-state index is 0.0362. The van der Waals surface area contributed by atoms with Crippen LogP contribution in [0.2, 0.25) is 5.02 Å². The Balaban J connectivity index is 1.15. The molecule has 2 aliphatic rings. The van der Waals surface area contributed by atoms with Gasteiger partial charge in [0.25, 0.3) is 5.91 Å². The number of benzene rings is 1. The first-order valence-electron chi connectivity index (χ1n) is 9.93. The zero-order valence-electron chi connectivity index (χ0n) is 16.4.